The predicted octanol–water partition coefficient (Wildman–Crippen LogP) is -2.11. The van der Waals surface area contributed by atoms with Gasteiger partial charge in [-0.05, 0) is 0 Å². The van der Waals surface area contributed by atoms with E-state index in [0.29, 0.717) is 13.1 Å². The van der Waals surface area contributed by atoms with E-state index in [1.807, 2.05) is 0 Å². The van der Waals surface area contributed by atoms with E-state index in [4.69, 9.17) is 14.9 Å². The number of aliphatic hydroxyl groups excluding tert-OH is 1. The molecule has 0 aromatic heterocycles. The highest BCUT2D eigenvalue weighted by molar-refractivity contribution is 7.46. The highest BCUT2D eigenvalue weighted by atomic mass is 31.2. The van der Waals surface area contributed by atoms with E-state index in [1.54, 1.807) is 4.90 Å². The van der Waals surface area contributed by atoms with Crippen LogP contribution in [0.1, 0.15) is 0 Å². The number of nitrogens with one attached hydrogen (secondary N) is 1. The molecule has 1 rings (SSSR count). The Hall–Kier alpha value is -0.500. The molecule has 1 unspecified atom stereocenters. The molecular formula is C7H15N2O6P. The van der Waals surface area contributed by atoms with Crippen molar-refractivity contribution in [3.05, 3.63) is 0 Å². The van der Waals surface area contributed by atoms with Gasteiger partial charge < -0.3 is 20.2 Å². The van der Waals surface area contributed by atoms with Gasteiger partial charge in [-0.25, -0.2) is 4.57 Å². The van der Waals surface area contributed by atoms with Crippen LogP contribution in [0.25, 0.3) is 0 Å². The van der Waals surface area contributed by atoms with E-state index >= 15 is 0 Å². The minimum absolute atomic E-state index is 0.0701. The first-order valence-corrected chi connectivity index (χ1v) is 6.26. The average molecular weight is 254 g/mol. The normalized spacial score (nSPS) is 23.2. The molecule has 16 heavy (non-hydrogen) atoms. The summed E-state index contributed by atoms with van der Waals surface area (Å²) < 4.78 is 14.8. The first-order valence-electron chi connectivity index (χ1n) is 4.73. The lowest BCUT2D eigenvalue weighted by atomic mass is 10.2. The fourth-order valence-corrected chi connectivity index (χ4v) is 1.87. The van der Waals surface area contributed by atoms with Gasteiger partial charge in [-0.15, -0.1) is 0 Å². The maximum atomic E-state index is 11.2. The van der Waals surface area contributed by atoms with Gasteiger partial charge in [0.1, 0.15) is 0 Å². The Labute approximate surface area is 92.4 Å². The molecule has 0 aromatic rings. The Kier molecular flexibility index (Phi) is 4.85. The maximum absolute atomic E-state index is 11.2. The van der Waals surface area contributed by atoms with Crippen molar-refractivity contribution < 1.29 is 28.8 Å². The Balaban J connectivity index is 2.41. The zero-order valence-electron chi connectivity index (χ0n) is 8.57. The van der Waals surface area contributed by atoms with E-state index in [2.05, 4.69) is 9.84 Å². The van der Waals surface area contributed by atoms with Crippen molar-refractivity contribution in [3.8, 4) is 0 Å². The topological polar surface area (TPSA) is 119 Å². The Bertz CT molecular complexity index is 293. The lowest BCUT2D eigenvalue weighted by molar-refractivity contribution is -0.126. The predicted molar refractivity (Wildman–Crippen MR) is 53.5 cm³/mol. The molecule has 1 amide bonds. The number of β-amino-alcohol motifs (C(OH)–C–C–N with tert-alkyl or cyclic N) is 1. The molecule has 0 aromatic carbocycles. The highest BCUT2D eigenvalue weighted by Gasteiger charge is 2.26. The van der Waals surface area contributed by atoms with E-state index in [0.717, 1.165) is 0 Å². The number of hydrogen-bond acceptors (Lipinski definition) is 5. The molecule has 1 heterocycles. The number of nitrogens with zero attached hydrogens (tertiary/aromatic N) is 1. The summed E-state index contributed by atoms with van der Waals surface area (Å²) in [5, 5.41) is 11.3. The third kappa shape index (κ3) is 5.02. The largest absolute Gasteiger partial charge is 0.469 e. The molecule has 0 spiro atoms. The van der Waals surface area contributed by atoms with Crippen molar-refractivity contribution in [2.75, 3.05) is 32.8 Å². The summed E-state index contributed by atoms with van der Waals surface area (Å²) >= 11 is 0. The molecule has 4 N–H and O–H groups in total. The van der Waals surface area contributed by atoms with Crippen LogP contribution in [-0.2, 0) is 13.9 Å². The summed E-state index contributed by atoms with van der Waals surface area (Å²) in [6.45, 7) is 0.594. The second-order valence-corrected chi connectivity index (χ2v) is 4.75. The number of aliphatic hydroxyl groups is 1. The van der Waals surface area contributed by atoms with Crippen LogP contribution in [0.4, 0.5) is 0 Å². The number of piperazine rings is 1. The number of phosphoric ester groups is 1. The molecule has 0 radical (unpaired) electrons. The van der Waals surface area contributed by atoms with Crippen LogP contribution in [0.5, 0.6) is 0 Å². The molecule has 0 aliphatic carbocycles. The summed E-state index contributed by atoms with van der Waals surface area (Å²) in [7, 11) is -4.51. The molecule has 1 aliphatic rings. The van der Waals surface area contributed by atoms with Crippen LogP contribution in [-0.4, -0.2) is 64.6 Å². The summed E-state index contributed by atoms with van der Waals surface area (Å²) in [6, 6.07) is -0.472. The van der Waals surface area contributed by atoms with E-state index < -0.39 is 13.9 Å². The van der Waals surface area contributed by atoms with Crippen molar-refractivity contribution in [2.45, 2.75) is 6.04 Å². The van der Waals surface area contributed by atoms with Crippen molar-refractivity contribution in [2.24, 2.45) is 0 Å². The number of hydrogen-bond donors (Lipinski definition) is 4. The zero-order chi connectivity index (χ0) is 12.2. The van der Waals surface area contributed by atoms with Gasteiger partial charge in [-0.3, -0.25) is 14.2 Å². The third-order valence-electron chi connectivity index (χ3n) is 2.07. The molecule has 0 bridgehead atoms. The lowest BCUT2D eigenvalue weighted by Gasteiger charge is -2.32. The van der Waals surface area contributed by atoms with Crippen molar-refractivity contribution in [1.29, 1.82) is 0 Å². The van der Waals surface area contributed by atoms with Gasteiger partial charge in [0.05, 0.1) is 25.8 Å². The number of carbonyl (C=O) groups excluding carboxylic acids is 1. The van der Waals surface area contributed by atoms with Crippen LogP contribution in [0.2, 0.25) is 0 Å². The van der Waals surface area contributed by atoms with Crippen molar-refractivity contribution in [3.63, 3.8) is 0 Å². The molecule has 1 atom stereocenters. The second-order valence-electron chi connectivity index (χ2n) is 3.51. The zero-order valence-corrected chi connectivity index (χ0v) is 9.47. The van der Waals surface area contributed by atoms with Crippen LogP contribution in [0.15, 0.2) is 0 Å². The smallest absolute Gasteiger partial charge is 0.395 e. The van der Waals surface area contributed by atoms with Gasteiger partial charge in [0.2, 0.25) is 5.91 Å². The van der Waals surface area contributed by atoms with Gasteiger partial charge in [-0.1, -0.05) is 0 Å². The monoisotopic (exact) mass is 254 g/mol. The molecule has 0 saturated carbocycles. The summed E-state index contributed by atoms with van der Waals surface area (Å²) in [4.78, 5) is 29.9. The van der Waals surface area contributed by atoms with Gasteiger partial charge >= 0.3 is 7.82 Å². The highest BCUT2D eigenvalue weighted by Crippen LogP contribution is 2.35. The van der Waals surface area contributed by atoms with E-state index in [1.165, 1.54) is 0 Å². The fourth-order valence-electron chi connectivity index (χ4n) is 1.49. The Morgan fingerprint density at radius 3 is 2.81 bits per heavy atom. The molecular weight excluding hydrogens is 239 g/mol. The van der Waals surface area contributed by atoms with Crippen molar-refractivity contribution >= 4 is 13.7 Å². The molecule has 1 aliphatic heterocycles. The minimum atomic E-state index is -4.51. The Morgan fingerprint density at radius 2 is 2.25 bits per heavy atom. The average Bonchev–Trinajstić information content (AvgIpc) is 2.13. The summed E-state index contributed by atoms with van der Waals surface area (Å²) in [5.41, 5.74) is 0. The lowest BCUT2D eigenvalue weighted by Crippen LogP contribution is -2.56. The Morgan fingerprint density at radius 1 is 1.56 bits per heavy atom. The molecule has 8 nitrogen and oxygen atoms in total. The van der Waals surface area contributed by atoms with Gasteiger partial charge in [0.15, 0.2) is 0 Å². The number of carbonyl (C=O) groups is 1. The standard InChI is InChI=1S/C7H15N2O6P/c10-2-1-9-3-6(8-7(11)4-9)5-15-16(12,13)14/h6,10H,1-5H2,(H,8,11)(H2,12,13,14). The van der Waals surface area contributed by atoms with E-state index in [-0.39, 0.29) is 25.7 Å². The summed E-state index contributed by atoms with van der Waals surface area (Å²) in [5.74, 6) is -0.251. The summed E-state index contributed by atoms with van der Waals surface area (Å²) in [6.07, 6.45) is 0. The SMILES string of the molecule is O=C1CN(CCO)CC(COP(=O)(O)O)N1. The number of phosphoric acid groups is 1. The van der Waals surface area contributed by atoms with Gasteiger partial charge in [0, 0.05) is 13.1 Å². The second kappa shape index (κ2) is 5.72. The first kappa shape index (κ1) is 13.6. The molecule has 1 saturated heterocycles. The third-order valence-corrected chi connectivity index (χ3v) is 2.56. The minimum Gasteiger partial charge on any atom is -0.395 e. The molecule has 9 heteroatoms. The van der Waals surface area contributed by atoms with Crippen LogP contribution in [0.3, 0.4) is 0 Å². The fraction of sp³-hybridized carbons (Fsp3) is 0.857. The quantitative estimate of drug-likeness (QED) is 0.414. The first-order chi connectivity index (χ1) is 7.40. The molecule has 1 fully saturated rings. The number of rotatable bonds is 5. The molecule has 94 valence electrons. The van der Waals surface area contributed by atoms with E-state index in [9.17, 15) is 9.36 Å². The van der Waals surface area contributed by atoms with Gasteiger partial charge in [0.25, 0.3) is 0 Å². The van der Waals surface area contributed by atoms with Crippen LogP contribution < -0.4 is 5.32 Å². The van der Waals surface area contributed by atoms with Gasteiger partial charge in [-0.2, -0.15) is 0 Å². The van der Waals surface area contributed by atoms with Crippen LogP contribution in [0, 0.1) is 0 Å². The van der Waals surface area contributed by atoms with Crippen molar-refractivity contribution in [1.82, 2.24) is 10.2 Å². The van der Waals surface area contributed by atoms with Crippen LogP contribution >= 0.6 is 7.82 Å². The number of amides is 1. The maximum Gasteiger partial charge on any atom is 0.469 e.